The van der Waals surface area contributed by atoms with Crippen molar-refractivity contribution in [2.75, 3.05) is 26.2 Å². The van der Waals surface area contributed by atoms with Gasteiger partial charge in [0.2, 0.25) is 0 Å². The third-order valence-corrected chi connectivity index (χ3v) is 2.83. The highest BCUT2D eigenvalue weighted by molar-refractivity contribution is 5.76. The fourth-order valence-electron chi connectivity index (χ4n) is 1.84. The van der Waals surface area contributed by atoms with Gasteiger partial charge in [0.05, 0.1) is 0 Å². The second-order valence-electron chi connectivity index (χ2n) is 4.13. The van der Waals surface area contributed by atoms with Gasteiger partial charge >= 0.3 is 6.03 Å². The molecule has 98 valence electrons. The first-order chi connectivity index (χ1) is 8.66. The van der Waals surface area contributed by atoms with Gasteiger partial charge < -0.3 is 15.5 Å². The molecule has 1 heterocycles. The molecule has 0 radical (unpaired) electrons. The van der Waals surface area contributed by atoms with Crippen molar-refractivity contribution in [3.8, 4) is 0 Å². The van der Waals surface area contributed by atoms with Crippen LogP contribution in [-0.2, 0) is 6.54 Å². The maximum Gasteiger partial charge on any atom is 0.317 e. The van der Waals surface area contributed by atoms with Crippen LogP contribution in [0.15, 0.2) is 18.2 Å². The molecule has 1 fully saturated rings. The largest absolute Gasteiger partial charge is 0.336 e. The SMILES string of the molecule is O=C1NCCN1CCNCc1cc(F)ccc1F. The first kappa shape index (κ1) is 12.8. The molecule has 0 spiro atoms. The van der Waals surface area contributed by atoms with Crippen LogP contribution in [0, 0.1) is 11.6 Å². The van der Waals surface area contributed by atoms with Crippen LogP contribution in [0.4, 0.5) is 13.6 Å². The third-order valence-electron chi connectivity index (χ3n) is 2.83. The van der Waals surface area contributed by atoms with Gasteiger partial charge in [-0.05, 0) is 18.2 Å². The minimum absolute atomic E-state index is 0.0752. The van der Waals surface area contributed by atoms with Crippen molar-refractivity contribution in [2.45, 2.75) is 6.54 Å². The number of nitrogens with one attached hydrogen (secondary N) is 2. The van der Waals surface area contributed by atoms with Crippen LogP contribution in [0.3, 0.4) is 0 Å². The van der Waals surface area contributed by atoms with Gasteiger partial charge in [-0.3, -0.25) is 0 Å². The van der Waals surface area contributed by atoms with E-state index < -0.39 is 11.6 Å². The number of urea groups is 1. The maximum absolute atomic E-state index is 13.3. The maximum atomic E-state index is 13.3. The van der Waals surface area contributed by atoms with Crippen LogP contribution in [0.1, 0.15) is 5.56 Å². The highest BCUT2D eigenvalue weighted by Crippen LogP contribution is 2.09. The molecule has 6 heteroatoms. The van der Waals surface area contributed by atoms with Gasteiger partial charge in [-0.2, -0.15) is 0 Å². The van der Waals surface area contributed by atoms with Crippen LogP contribution in [0.25, 0.3) is 0 Å². The zero-order valence-corrected chi connectivity index (χ0v) is 9.88. The Morgan fingerprint density at radius 2 is 2.22 bits per heavy atom. The normalized spacial score (nSPS) is 15.0. The lowest BCUT2D eigenvalue weighted by atomic mass is 10.2. The number of hydrogen-bond donors (Lipinski definition) is 2. The summed E-state index contributed by atoms with van der Waals surface area (Å²) in [7, 11) is 0. The molecular formula is C12H15F2N3O. The quantitative estimate of drug-likeness (QED) is 0.773. The average Bonchev–Trinajstić information content (AvgIpc) is 2.75. The van der Waals surface area contributed by atoms with E-state index in [0.29, 0.717) is 31.7 Å². The smallest absolute Gasteiger partial charge is 0.317 e. The van der Waals surface area contributed by atoms with Gasteiger partial charge in [0, 0.05) is 38.3 Å². The molecule has 18 heavy (non-hydrogen) atoms. The first-order valence-corrected chi connectivity index (χ1v) is 5.84. The highest BCUT2D eigenvalue weighted by atomic mass is 19.1. The van der Waals surface area contributed by atoms with Gasteiger partial charge in [-0.15, -0.1) is 0 Å². The monoisotopic (exact) mass is 255 g/mol. The molecule has 2 rings (SSSR count). The number of halogens is 2. The zero-order valence-electron chi connectivity index (χ0n) is 9.88. The fourth-order valence-corrected chi connectivity index (χ4v) is 1.84. The predicted molar refractivity (Wildman–Crippen MR) is 63.0 cm³/mol. The second kappa shape index (κ2) is 5.77. The topological polar surface area (TPSA) is 44.4 Å². The Hall–Kier alpha value is -1.69. The Balaban J connectivity index is 1.75. The molecule has 1 aromatic rings. The molecule has 0 saturated carbocycles. The van der Waals surface area contributed by atoms with E-state index in [1.807, 2.05) is 0 Å². The van der Waals surface area contributed by atoms with E-state index in [9.17, 15) is 13.6 Å². The number of amides is 2. The lowest BCUT2D eigenvalue weighted by Gasteiger charge is -2.14. The second-order valence-corrected chi connectivity index (χ2v) is 4.13. The van der Waals surface area contributed by atoms with Crippen molar-refractivity contribution in [3.05, 3.63) is 35.4 Å². The van der Waals surface area contributed by atoms with Crippen molar-refractivity contribution in [1.82, 2.24) is 15.5 Å². The van der Waals surface area contributed by atoms with E-state index in [2.05, 4.69) is 10.6 Å². The first-order valence-electron chi connectivity index (χ1n) is 5.84. The van der Waals surface area contributed by atoms with Gasteiger partial charge in [0.1, 0.15) is 11.6 Å². The molecule has 0 aliphatic carbocycles. The van der Waals surface area contributed by atoms with E-state index in [1.54, 1.807) is 4.90 Å². The van der Waals surface area contributed by atoms with Crippen molar-refractivity contribution < 1.29 is 13.6 Å². The number of carbonyl (C=O) groups is 1. The molecule has 1 saturated heterocycles. The minimum Gasteiger partial charge on any atom is -0.336 e. The summed E-state index contributed by atoms with van der Waals surface area (Å²) in [6, 6.07) is 3.30. The Labute approximate surface area is 104 Å². The summed E-state index contributed by atoms with van der Waals surface area (Å²) < 4.78 is 26.2. The molecule has 1 aliphatic rings. The standard InChI is InChI=1S/C12H15F2N3O/c13-10-1-2-11(14)9(7-10)8-15-3-5-17-6-4-16-12(17)18/h1-2,7,15H,3-6,8H2,(H,16,18). The molecule has 0 unspecified atom stereocenters. The number of benzene rings is 1. The van der Waals surface area contributed by atoms with Crippen molar-refractivity contribution in [1.29, 1.82) is 0 Å². The molecule has 1 aliphatic heterocycles. The number of nitrogens with zero attached hydrogens (tertiary/aromatic N) is 1. The van der Waals surface area contributed by atoms with Crippen LogP contribution < -0.4 is 10.6 Å². The molecule has 1 aromatic carbocycles. The van der Waals surface area contributed by atoms with E-state index >= 15 is 0 Å². The Kier molecular flexibility index (Phi) is 4.09. The number of hydrogen-bond acceptors (Lipinski definition) is 2. The third kappa shape index (κ3) is 3.16. The van der Waals surface area contributed by atoms with E-state index in [4.69, 9.17) is 0 Å². The molecule has 0 bridgehead atoms. The molecule has 0 aromatic heterocycles. The van der Waals surface area contributed by atoms with Gasteiger partial charge in [-0.25, -0.2) is 13.6 Å². The summed E-state index contributed by atoms with van der Waals surface area (Å²) in [6.07, 6.45) is 0. The molecule has 2 amide bonds. The van der Waals surface area contributed by atoms with Crippen LogP contribution in [0.5, 0.6) is 0 Å². The summed E-state index contributed by atoms with van der Waals surface area (Å²) >= 11 is 0. The Morgan fingerprint density at radius 3 is 2.94 bits per heavy atom. The van der Waals surface area contributed by atoms with Crippen LogP contribution in [-0.4, -0.2) is 37.1 Å². The van der Waals surface area contributed by atoms with Crippen molar-refractivity contribution in [2.24, 2.45) is 0 Å². The summed E-state index contributed by atoms with van der Waals surface area (Å²) in [5.74, 6) is -0.880. The van der Waals surface area contributed by atoms with Gasteiger partial charge in [0.25, 0.3) is 0 Å². The number of carbonyl (C=O) groups excluding carboxylic acids is 1. The van der Waals surface area contributed by atoms with Crippen molar-refractivity contribution in [3.63, 3.8) is 0 Å². The highest BCUT2D eigenvalue weighted by Gasteiger charge is 2.18. The minimum atomic E-state index is -0.452. The van der Waals surface area contributed by atoms with Crippen LogP contribution in [0.2, 0.25) is 0 Å². The zero-order chi connectivity index (χ0) is 13.0. The summed E-state index contributed by atoms with van der Waals surface area (Å²) in [5, 5.41) is 5.68. The molecule has 2 N–H and O–H groups in total. The van der Waals surface area contributed by atoms with Gasteiger partial charge in [-0.1, -0.05) is 0 Å². The number of rotatable bonds is 5. The molecule has 0 atom stereocenters. The molecular weight excluding hydrogens is 240 g/mol. The Morgan fingerprint density at radius 1 is 1.39 bits per heavy atom. The summed E-state index contributed by atoms with van der Waals surface area (Å²) in [4.78, 5) is 12.9. The lowest BCUT2D eigenvalue weighted by Crippen LogP contribution is -2.34. The van der Waals surface area contributed by atoms with Crippen LogP contribution >= 0.6 is 0 Å². The van der Waals surface area contributed by atoms with Crippen molar-refractivity contribution >= 4 is 6.03 Å². The molecule has 4 nitrogen and oxygen atoms in total. The fraction of sp³-hybridized carbons (Fsp3) is 0.417. The summed E-state index contributed by atoms with van der Waals surface area (Å²) in [5.41, 5.74) is 0.292. The van der Waals surface area contributed by atoms with E-state index in [-0.39, 0.29) is 12.6 Å². The predicted octanol–water partition coefficient (Wildman–Crippen LogP) is 1.08. The van der Waals surface area contributed by atoms with E-state index in [0.717, 1.165) is 12.1 Å². The summed E-state index contributed by atoms with van der Waals surface area (Å²) in [6.45, 7) is 2.71. The lowest BCUT2D eigenvalue weighted by molar-refractivity contribution is 0.217. The van der Waals surface area contributed by atoms with E-state index in [1.165, 1.54) is 6.07 Å². The Bertz CT molecular complexity index is 439. The van der Waals surface area contributed by atoms with Gasteiger partial charge in [0.15, 0.2) is 0 Å². The average molecular weight is 255 g/mol.